The molecule has 14 nitrogen and oxygen atoms in total. The highest BCUT2D eigenvalue weighted by atomic mass is 32.2. The van der Waals surface area contributed by atoms with Gasteiger partial charge in [-0.25, -0.2) is 28.5 Å². The van der Waals surface area contributed by atoms with Gasteiger partial charge in [0.1, 0.15) is 23.6 Å². The lowest BCUT2D eigenvalue weighted by atomic mass is 10.1. The highest BCUT2D eigenvalue weighted by Crippen LogP contribution is 2.38. The molecule has 1 aromatic heterocycles. The molecule has 0 aromatic carbocycles. The second kappa shape index (κ2) is 14.5. The van der Waals surface area contributed by atoms with E-state index in [4.69, 9.17) is 23.8 Å². The number of nitrogens with one attached hydrogen (secondary N) is 1. The zero-order chi connectivity index (χ0) is 30.4. The topological polar surface area (TPSA) is 149 Å². The molecule has 4 atom stereocenters. The molecular weight excluding hydrogens is 582 g/mol. The number of piperidine rings is 1. The maximum atomic E-state index is 14.0. The predicted octanol–water partition coefficient (Wildman–Crippen LogP) is 1.51. The van der Waals surface area contributed by atoms with Crippen LogP contribution in [-0.4, -0.2) is 123 Å². The fraction of sp³-hybridized carbons (Fsp3) is 0.750. The first kappa shape index (κ1) is 31.9. The Hall–Kier alpha value is -2.56. The van der Waals surface area contributed by atoms with Crippen LogP contribution in [0.25, 0.3) is 0 Å². The molecule has 4 saturated heterocycles. The SMILES string of the molecule is CCN1CCC(Oc2ccc(S(=O)(=O)N3C[C@H]4CC[C@@H]([C@@H]3C(=O)NOC3CCCCO3)N4C(=O)OCCOC)cn2)CC1. The first-order valence-electron chi connectivity index (χ1n) is 15.2. The first-order valence-corrected chi connectivity index (χ1v) is 16.6. The number of rotatable bonds is 11. The van der Waals surface area contributed by atoms with Crippen LogP contribution in [0.2, 0.25) is 0 Å². The van der Waals surface area contributed by atoms with Gasteiger partial charge in [0.2, 0.25) is 15.9 Å². The molecule has 5 rings (SSSR count). The molecule has 0 spiro atoms. The Labute approximate surface area is 252 Å². The van der Waals surface area contributed by atoms with Gasteiger partial charge in [-0.05, 0) is 51.1 Å². The third-order valence-electron chi connectivity index (χ3n) is 8.62. The van der Waals surface area contributed by atoms with Gasteiger partial charge >= 0.3 is 6.09 Å². The average molecular weight is 626 g/mol. The minimum atomic E-state index is -4.19. The summed E-state index contributed by atoms with van der Waals surface area (Å²) < 4.78 is 51.1. The van der Waals surface area contributed by atoms with E-state index in [1.54, 1.807) is 6.07 Å². The Morgan fingerprint density at radius 1 is 1.09 bits per heavy atom. The summed E-state index contributed by atoms with van der Waals surface area (Å²) in [7, 11) is -2.69. The maximum Gasteiger partial charge on any atom is 0.410 e. The third-order valence-corrected chi connectivity index (χ3v) is 10.4. The number of sulfonamides is 1. The molecule has 15 heteroatoms. The largest absolute Gasteiger partial charge is 0.474 e. The smallest absolute Gasteiger partial charge is 0.410 e. The lowest BCUT2D eigenvalue weighted by Crippen LogP contribution is -2.66. The van der Waals surface area contributed by atoms with Crippen molar-refractivity contribution in [3.63, 3.8) is 0 Å². The molecule has 0 saturated carbocycles. The molecule has 4 fully saturated rings. The summed E-state index contributed by atoms with van der Waals surface area (Å²) in [5.41, 5.74) is 2.42. The van der Waals surface area contributed by atoms with Gasteiger partial charge in [-0.15, -0.1) is 0 Å². The van der Waals surface area contributed by atoms with E-state index >= 15 is 0 Å². The zero-order valence-corrected chi connectivity index (χ0v) is 25.7. The van der Waals surface area contributed by atoms with Gasteiger partial charge in [-0.3, -0.25) is 9.69 Å². The number of aromatic nitrogens is 1. The number of methoxy groups -OCH3 is 1. The Morgan fingerprint density at radius 2 is 1.91 bits per heavy atom. The van der Waals surface area contributed by atoms with Crippen molar-refractivity contribution in [3.05, 3.63) is 18.3 Å². The Bertz CT molecular complexity index is 1190. The van der Waals surface area contributed by atoms with Gasteiger partial charge in [-0.1, -0.05) is 6.92 Å². The van der Waals surface area contributed by atoms with E-state index in [2.05, 4.69) is 22.3 Å². The molecule has 240 valence electrons. The van der Waals surface area contributed by atoms with Crippen molar-refractivity contribution in [2.75, 3.05) is 53.1 Å². The van der Waals surface area contributed by atoms with Crippen molar-refractivity contribution < 1.29 is 41.8 Å². The molecule has 5 heterocycles. The number of hydroxylamine groups is 1. The molecule has 4 aliphatic heterocycles. The van der Waals surface area contributed by atoms with E-state index in [1.165, 1.54) is 24.3 Å². The molecule has 1 N–H and O–H groups in total. The molecule has 1 unspecified atom stereocenters. The molecule has 2 amide bonds. The Kier molecular flexibility index (Phi) is 10.7. The van der Waals surface area contributed by atoms with Gasteiger partial charge in [0.15, 0.2) is 6.29 Å². The number of carbonyl (C=O) groups is 2. The molecule has 2 bridgehead atoms. The van der Waals surface area contributed by atoms with Crippen LogP contribution < -0.4 is 10.2 Å². The summed E-state index contributed by atoms with van der Waals surface area (Å²) in [6.07, 6.45) is 5.16. The van der Waals surface area contributed by atoms with Crippen molar-refractivity contribution in [2.24, 2.45) is 0 Å². The lowest BCUT2D eigenvalue weighted by molar-refractivity contribution is -0.203. The van der Waals surface area contributed by atoms with E-state index in [-0.39, 0.29) is 30.8 Å². The van der Waals surface area contributed by atoms with E-state index in [9.17, 15) is 18.0 Å². The summed E-state index contributed by atoms with van der Waals surface area (Å²) in [5.74, 6) is -0.322. The van der Waals surface area contributed by atoms with Crippen molar-refractivity contribution >= 4 is 22.0 Å². The van der Waals surface area contributed by atoms with E-state index in [1.807, 2.05) is 0 Å². The van der Waals surface area contributed by atoms with Crippen molar-refractivity contribution in [1.29, 1.82) is 0 Å². The normalized spacial score (nSPS) is 27.2. The lowest BCUT2D eigenvalue weighted by Gasteiger charge is -2.44. The maximum absolute atomic E-state index is 14.0. The number of hydrogen-bond acceptors (Lipinski definition) is 11. The minimum absolute atomic E-state index is 0.0197. The monoisotopic (exact) mass is 625 g/mol. The summed E-state index contributed by atoms with van der Waals surface area (Å²) in [6, 6.07) is 0.556. The molecule has 43 heavy (non-hydrogen) atoms. The van der Waals surface area contributed by atoms with Crippen LogP contribution in [0.5, 0.6) is 5.88 Å². The highest BCUT2D eigenvalue weighted by Gasteiger charge is 2.55. The molecule has 1 aromatic rings. The summed E-state index contributed by atoms with van der Waals surface area (Å²) in [4.78, 5) is 40.3. The van der Waals surface area contributed by atoms with Crippen molar-refractivity contribution in [1.82, 2.24) is 24.6 Å². The third kappa shape index (κ3) is 7.40. The number of piperazine rings is 1. The highest BCUT2D eigenvalue weighted by molar-refractivity contribution is 7.89. The van der Waals surface area contributed by atoms with Gasteiger partial charge in [0, 0.05) is 51.9 Å². The predicted molar refractivity (Wildman–Crippen MR) is 152 cm³/mol. The van der Waals surface area contributed by atoms with E-state index < -0.39 is 46.4 Å². The van der Waals surface area contributed by atoms with Crippen LogP contribution in [0.4, 0.5) is 4.79 Å². The quantitative estimate of drug-likeness (QED) is 0.282. The van der Waals surface area contributed by atoms with Crippen LogP contribution in [0.3, 0.4) is 0 Å². The van der Waals surface area contributed by atoms with Crippen LogP contribution in [-0.2, 0) is 33.9 Å². The van der Waals surface area contributed by atoms with Gasteiger partial charge < -0.3 is 23.8 Å². The molecular formula is C28H43N5O9S. The Morgan fingerprint density at radius 3 is 2.58 bits per heavy atom. The number of nitrogens with zero attached hydrogens (tertiary/aromatic N) is 4. The number of amides is 2. The van der Waals surface area contributed by atoms with Crippen LogP contribution >= 0.6 is 0 Å². The standard InChI is InChI=1S/C28H43N5O9S/c1-3-31-13-11-21(12-14-31)41-24-10-8-22(18-29-24)43(36,37)32-19-20-7-9-23(33(20)28(35)40-17-16-38-2)26(32)27(34)30-42-25-6-4-5-15-39-25/h8,10,18,20-21,23,25-26H,3-7,9,11-17,19H2,1-2H3,(H,30,34)/t20-,23+,25?,26-/m1/s1. The van der Waals surface area contributed by atoms with Crippen LogP contribution in [0.15, 0.2) is 23.2 Å². The number of pyridine rings is 1. The summed E-state index contributed by atoms with van der Waals surface area (Å²) in [6.45, 7) is 5.73. The van der Waals surface area contributed by atoms with Crippen LogP contribution in [0, 0.1) is 0 Å². The summed E-state index contributed by atoms with van der Waals surface area (Å²) in [5, 5.41) is 0. The number of hydrogen-bond donors (Lipinski definition) is 1. The average Bonchev–Trinajstić information content (AvgIpc) is 3.33. The molecule has 0 aliphatic carbocycles. The zero-order valence-electron chi connectivity index (χ0n) is 24.9. The minimum Gasteiger partial charge on any atom is -0.474 e. The number of fused-ring (bicyclic) bond motifs is 2. The van der Waals surface area contributed by atoms with Crippen LogP contribution in [0.1, 0.15) is 51.9 Å². The fourth-order valence-corrected chi connectivity index (χ4v) is 7.87. The van der Waals surface area contributed by atoms with Gasteiger partial charge in [0.25, 0.3) is 5.91 Å². The van der Waals surface area contributed by atoms with Crippen molar-refractivity contribution in [3.8, 4) is 5.88 Å². The van der Waals surface area contributed by atoms with Gasteiger partial charge in [0.05, 0.1) is 18.8 Å². The van der Waals surface area contributed by atoms with E-state index in [0.29, 0.717) is 31.7 Å². The van der Waals surface area contributed by atoms with Crippen molar-refractivity contribution in [2.45, 2.75) is 87.3 Å². The second-order valence-electron chi connectivity index (χ2n) is 11.3. The summed E-state index contributed by atoms with van der Waals surface area (Å²) >= 11 is 0. The molecule has 0 radical (unpaired) electrons. The number of carbonyl (C=O) groups excluding carboxylic acids is 2. The fourth-order valence-electron chi connectivity index (χ4n) is 6.27. The first-order chi connectivity index (χ1) is 20.8. The molecule has 4 aliphatic rings. The second-order valence-corrected chi connectivity index (χ2v) is 13.2. The Balaban J connectivity index is 1.33. The number of ether oxygens (including phenoxy) is 4. The van der Waals surface area contributed by atoms with E-state index in [0.717, 1.165) is 49.6 Å². The van der Waals surface area contributed by atoms with Gasteiger partial charge in [-0.2, -0.15) is 4.31 Å². The number of likely N-dealkylation sites (tertiary alicyclic amines) is 1.